The molecule has 5 aliphatic heterocycles. The zero-order chi connectivity index (χ0) is 103. The highest BCUT2D eigenvalue weighted by molar-refractivity contribution is 5.93. The van der Waals surface area contributed by atoms with E-state index in [9.17, 15) is 10.2 Å². The van der Waals surface area contributed by atoms with Crippen molar-refractivity contribution in [2.24, 2.45) is 17.8 Å². The summed E-state index contributed by atoms with van der Waals surface area (Å²) in [6, 6.07) is 45.8. The first-order valence-electron chi connectivity index (χ1n) is 54.7. The van der Waals surface area contributed by atoms with Gasteiger partial charge in [-0.3, -0.25) is 0 Å². The van der Waals surface area contributed by atoms with Gasteiger partial charge in [0.05, 0.1) is 67.6 Å². The maximum atomic E-state index is 10.3. The molecule has 5 aromatic carbocycles. The molecule has 7 aliphatic rings. The van der Waals surface area contributed by atoms with Crippen molar-refractivity contribution in [3.05, 3.63) is 178 Å². The summed E-state index contributed by atoms with van der Waals surface area (Å²) in [5, 5.41) is 63.8. The van der Waals surface area contributed by atoms with E-state index in [1.165, 1.54) is 47.1 Å². The third-order valence-electron chi connectivity index (χ3n) is 29.8. The number of aliphatic hydroxyl groups is 2. The minimum Gasteiger partial charge on any atom is -0.393 e. The predicted molar refractivity (Wildman–Crippen MR) is 589 cm³/mol. The number of anilines is 5. The fraction of sp³-hybridized carbons (Fsp3) is 0.526. The van der Waals surface area contributed by atoms with Crippen LogP contribution in [-0.4, -0.2) is 226 Å². The highest BCUT2D eigenvalue weighted by Crippen LogP contribution is 2.44. The number of nitrogens with one attached hydrogen (secondary N) is 5. The Morgan fingerprint density at radius 2 is 0.635 bits per heavy atom. The van der Waals surface area contributed by atoms with Crippen molar-refractivity contribution in [1.82, 2.24) is 102 Å². The largest absolute Gasteiger partial charge is 0.393 e. The quantitative estimate of drug-likeness (QED) is 0.0239. The topological polar surface area (TPSA) is 376 Å². The van der Waals surface area contributed by atoms with Crippen molar-refractivity contribution >= 4 is 83.6 Å². The maximum Gasteiger partial charge on any atom is 0.261 e. The molecule has 32 heteroatoms. The lowest BCUT2D eigenvalue weighted by Gasteiger charge is -2.35. The summed E-state index contributed by atoms with van der Waals surface area (Å²) in [4.78, 5) is 59.5. The lowest BCUT2D eigenvalue weighted by molar-refractivity contribution is 0.0676. The Balaban J connectivity index is 0.000000121. The number of pyridine rings is 5. The second-order valence-electron chi connectivity index (χ2n) is 43.3. The van der Waals surface area contributed by atoms with Gasteiger partial charge in [-0.15, -0.1) is 0 Å². The molecule has 7 N–H and O–H groups in total. The number of hydrogen-bond donors (Lipinski definition) is 7. The Hall–Kier alpha value is -12.4. The second kappa shape index (κ2) is 48.9. The number of piperidine rings is 5. The van der Waals surface area contributed by atoms with Gasteiger partial charge in [-0.25, -0.2) is 24.9 Å². The number of rotatable bonds is 28. The first kappa shape index (κ1) is 105. The second-order valence-corrected chi connectivity index (χ2v) is 43.3. The molecule has 4 atom stereocenters. The van der Waals surface area contributed by atoms with Gasteiger partial charge in [-0.05, 0) is 299 Å². The van der Waals surface area contributed by atoms with Crippen LogP contribution in [0.4, 0.5) is 29.1 Å². The highest BCUT2D eigenvalue weighted by atomic mass is 16.5. The molecule has 784 valence electrons. The van der Waals surface area contributed by atoms with E-state index in [0.717, 1.165) is 305 Å². The van der Waals surface area contributed by atoms with Gasteiger partial charge in [-0.2, -0.15) is 24.9 Å². The molecule has 10 aromatic heterocycles. The fourth-order valence-electron chi connectivity index (χ4n) is 21.3. The summed E-state index contributed by atoms with van der Waals surface area (Å²) in [5.74, 6) is 13.0. The number of benzene rings is 5. The number of aromatic nitrogens is 15. The highest BCUT2D eigenvalue weighted by Gasteiger charge is 2.36. The van der Waals surface area contributed by atoms with Gasteiger partial charge in [0.2, 0.25) is 0 Å². The van der Waals surface area contributed by atoms with E-state index in [1.54, 1.807) is 0 Å². The van der Waals surface area contributed by atoms with Gasteiger partial charge < -0.3 is 83.9 Å². The van der Waals surface area contributed by atoms with Crippen molar-refractivity contribution in [2.45, 2.75) is 287 Å². The number of fused-ring (bicyclic) bond motifs is 5. The molecular weight excluding hydrogens is 1860 g/mol. The molecule has 4 unspecified atom stereocenters. The average molecular weight is 2010 g/mol. The molecule has 5 saturated heterocycles. The predicted octanol–water partition coefficient (Wildman–Crippen LogP) is 20.6. The molecule has 22 rings (SSSR count). The van der Waals surface area contributed by atoms with Crippen LogP contribution in [0.1, 0.15) is 234 Å². The van der Waals surface area contributed by atoms with Crippen LogP contribution in [0.3, 0.4) is 0 Å². The lowest BCUT2D eigenvalue weighted by atomic mass is 9.86. The van der Waals surface area contributed by atoms with Crippen LogP contribution in [0.15, 0.2) is 144 Å². The smallest absolute Gasteiger partial charge is 0.261 e. The minimum atomic E-state index is -0.323. The first-order valence-corrected chi connectivity index (χ1v) is 54.7. The van der Waals surface area contributed by atoms with Gasteiger partial charge >= 0.3 is 0 Å². The number of hydrogen-bond acceptors (Lipinski definition) is 32. The maximum absolute atomic E-state index is 10.3. The van der Waals surface area contributed by atoms with Crippen molar-refractivity contribution in [3.8, 4) is 57.3 Å². The van der Waals surface area contributed by atoms with Crippen LogP contribution in [0, 0.1) is 73.1 Å². The number of aryl methyl sites for hydroxylation is 9. The van der Waals surface area contributed by atoms with Crippen molar-refractivity contribution in [2.75, 3.05) is 116 Å². The van der Waals surface area contributed by atoms with Gasteiger partial charge in [0.25, 0.3) is 29.5 Å². The van der Waals surface area contributed by atoms with Crippen molar-refractivity contribution < 1.29 is 32.8 Å². The van der Waals surface area contributed by atoms with Crippen LogP contribution < -0.4 is 51.1 Å². The summed E-state index contributed by atoms with van der Waals surface area (Å²) in [6.45, 7) is 46.5. The molecule has 7 fully saturated rings. The Bertz CT molecular complexity index is 6910. The van der Waals surface area contributed by atoms with E-state index in [1.807, 2.05) is 34.6 Å². The Morgan fingerprint density at radius 1 is 0.331 bits per heavy atom. The van der Waals surface area contributed by atoms with Gasteiger partial charge in [-0.1, -0.05) is 139 Å². The van der Waals surface area contributed by atoms with Gasteiger partial charge in [0.1, 0.15) is 29.1 Å². The van der Waals surface area contributed by atoms with Crippen LogP contribution in [0.5, 0.6) is 0 Å². The Labute approximate surface area is 870 Å². The normalized spacial score (nSPS) is 17.9. The Kier molecular flexibility index (Phi) is 34.9. The summed E-state index contributed by atoms with van der Waals surface area (Å²) >= 11 is 0. The zero-order valence-electron chi connectivity index (χ0n) is 89.7. The summed E-state index contributed by atoms with van der Waals surface area (Å²) in [7, 11) is 0. The minimum absolute atomic E-state index is 0.137. The van der Waals surface area contributed by atoms with E-state index >= 15 is 0 Å². The number of aliphatic hydroxyl groups excluding tert-OH is 2. The monoisotopic (exact) mass is 2010 g/mol. The third-order valence-corrected chi connectivity index (χ3v) is 29.8. The molecule has 2 aliphatic carbocycles. The average Bonchev–Trinajstić information content (AvgIpc) is 1.50. The zero-order valence-corrected chi connectivity index (χ0v) is 89.7. The molecule has 2 saturated carbocycles. The molecule has 0 spiro atoms. The first-order chi connectivity index (χ1) is 71.7. The van der Waals surface area contributed by atoms with E-state index in [2.05, 4.69) is 294 Å². The van der Waals surface area contributed by atoms with Crippen LogP contribution >= 0.6 is 0 Å². The molecule has 15 aromatic rings. The van der Waals surface area contributed by atoms with Crippen LogP contribution in [0.25, 0.3) is 112 Å². The summed E-state index contributed by atoms with van der Waals surface area (Å²) in [6.07, 6.45) is 20.6. The molecule has 0 amide bonds. The summed E-state index contributed by atoms with van der Waals surface area (Å²) in [5.41, 5.74) is 15.7. The third kappa shape index (κ3) is 27.1. The fourth-order valence-corrected chi connectivity index (χ4v) is 21.3. The molecule has 148 heavy (non-hydrogen) atoms. The van der Waals surface area contributed by atoms with Crippen molar-refractivity contribution in [3.63, 3.8) is 0 Å². The molecule has 32 nitrogen and oxygen atoms in total. The lowest BCUT2D eigenvalue weighted by Crippen LogP contribution is -2.45. The van der Waals surface area contributed by atoms with Crippen molar-refractivity contribution in [1.29, 1.82) is 0 Å². The molecule has 0 radical (unpaired) electrons. The molecular formula is C116H153N25O7. The van der Waals surface area contributed by atoms with Crippen LogP contribution in [0.2, 0.25) is 0 Å². The van der Waals surface area contributed by atoms with Gasteiger partial charge in [0, 0.05) is 148 Å². The van der Waals surface area contributed by atoms with Crippen LogP contribution in [-0.2, 0) is 6.42 Å². The van der Waals surface area contributed by atoms with E-state index in [0.29, 0.717) is 119 Å². The summed E-state index contributed by atoms with van der Waals surface area (Å²) < 4.78 is 27.8. The molecule has 0 bridgehead atoms. The van der Waals surface area contributed by atoms with Gasteiger partial charge in [0.15, 0.2) is 29.1 Å². The van der Waals surface area contributed by atoms with E-state index in [4.69, 9.17) is 52.5 Å². The number of nitrogens with zero attached hydrogens (tertiary/aromatic N) is 20. The van der Waals surface area contributed by atoms with E-state index < -0.39 is 0 Å². The Morgan fingerprint density at radius 3 is 0.939 bits per heavy atom. The molecule has 15 heterocycles. The SMILES string of the molecule is CCCC(C)NC1CCN(c2nc3ccc(C)cc3cc2-c2nc(C)no2)CC1.CCc1ccc2nc(N3CCC(NCC(C)C)CC3)c(-c3nc(C)no3)cc2c1.Cc1ccc2nc(N3CCC(NCC(C)C)CC3)c(-c3nc(C4CC4)no3)cc2c1.Cc1ccc2nc(N3CCC(NCC(C)O)CC3)c(-c3nc(C)no3)cc2c1.Cc1ccc2nc(N3CCC(NCC4CCCCC4O)CC3)c(-c3nc(C)no3)cc2c1. The van der Waals surface area contributed by atoms with E-state index in [-0.39, 0.29) is 12.2 Å². The standard InChI is InChI=1S/C25H33N5O2.C24H31N5O.2C23H31N5O.C21H27N5O2/c1-16-7-8-22-19(13-16)14-21(25-27-17(2)29-32-25)24(28-22)30-11-9-20(10-12-30)26-15-18-5-3-4-6-23(18)31;1-15(2)14-25-19-8-10-29(11-9-19)23-20(24-27-22(28-30-24)17-5-6-17)13-18-12-16(3)4-7-21(18)26-23;1-5-17-6-7-21-18(12-17)13-20(23-25-16(4)27-29-23)22(26-21)28-10-8-19(9-11-28)24-14-15(2)3;1-5-6-16(3)24-19-9-11-28(12-10-19)22-20(23-25-17(4)27-29-23)14-18-13-15(2)7-8-21(18)26-22;1-13-4-5-19-16(10-13)11-18(21-23-15(3)25-28-21)20(24-19)26-8-6-17(7-9-26)22-12-14(2)27/h7-8,13-14,18,20,23,26,31H,3-6,9-12,15H2,1-2H3;4,7,12-13,15,17,19,25H,5-6,8-11,14H2,1-3H3;6-7,12-13,15,19,24H,5,8-11,14H2,1-4H3;7-8,13-14,16,19,24H,5-6,9-12H2,1-4H3;4-5,10-11,14,17,22,27H,6-9,12H2,1-3H3.